The van der Waals surface area contributed by atoms with E-state index in [0.717, 1.165) is 11.4 Å². The van der Waals surface area contributed by atoms with Gasteiger partial charge in [-0.25, -0.2) is 8.42 Å². The molecule has 0 N–H and O–H groups in total. The van der Waals surface area contributed by atoms with Crippen molar-refractivity contribution >= 4 is 15.7 Å². The molecule has 168 valence electrons. The van der Waals surface area contributed by atoms with Crippen LogP contribution in [0.1, 0.15) is 5.82 Å². The van der Waals surface area contributed by atoms with E-state index in [1.807, 2.05) is 24.3 Å². The number of nitro groups is 1. The number of nitro benzene ring substituents is 1. The summed E-state index contributed by atoms with van der Waals surface area (Å²) in [4.78, 5) is 12.4. The van der Waals surface area contributed by atoms with Crippen molar-refractivity contribution in [2.75, 3.05) is 33.3 Å². The molecule has 0 saturated carbocycles. The first kappa shape index (κ1) is 21.8. The van der Waals surface area contributed by atoms with Crippen molar-refractivity contribution in [1.29, 1.82) is 0 Å². The topological polar surface area (TPSA) is 137 Å². The summed E-state index contributed by atoms with van der Waals surface area (Å²) >= 11 is 0. The molecule has 2 aromatic carbocycles. The average Bonchev–Trinajstić information content (AvgIpc) is 3.27. The maximum absolute atomic E-state index is 12.9. The van der Waals surface area contributed by atoms with Gasteiger partial charge in [-0.1, -0.05) is 0 Å². The number of hydrogen-bond acceptors (Lipinski definition) is 9. The van der Waals surface area contributed by atoms with Gasteiger partial charge < -0.3 is 4.74 Å². The SMILES string of the molecule is COc1ccc(-n2nnnc2CN2CCN(S(=O)(=O)c3ccc([N+](=O)[O-])cc3)CC2)cc1. The molecular weight excluding hydrogens is 438 g/mol. The molecule has 1 aliphatic heterocycles. The summed E-state index contributed by atoms with van der Waals surface area (Å²) in [5.41, 5.74) is 0.647. The summed E-state index contributed by atoms with van der Waals surface area (Å²) in [7, 11) is -2.12. The predicted molar refractivity (Wildman–Crippen MR) is 113 cm³/mol. The standard InChI is InChI=1S/C19H21N7O5S/c1-31-17-6-2-15(3-7-17)25-19(20-21-22-25)14-23-10-12-24(13-11-23)32(29,30)18-8-4-16(5-9-18)26(27)28/h2-9H,10-14H2,1H3. The first-order valence-corrected chi connectivity index (χ1v) is 11.2. The van der Waals surface area contributed by atoms with E-state index >= 15 is 0 Å². The summed E-state index contributed by atoms with van der Waals surface area (Å²) < 4.78 is 33.9. The normalized spacial score (nSPS) is 15.5. The van der Waals surface area contributed by atoms with Crippen LogP contribution in [0.2, 0.25) is 0 Å². The van der Waals surface area contributed by atoms with Crippen LogP contribution in [-0.4, -0.2) is 76.0 Å². The summed E-state index contributed by atoms with van der Waals surface area (Å²) in [6.45, 7) is 2.06. The number of benzene rings is 2. The molecule has 1 aromatic heterocycles. The summed E-state index contributed by atoms with van der Waals surface area (Å²) in [5, 5.41) is 22.7. The minimum atomic E-state index is -3.72. The van der Waals surface area contributed by atoms with Crippen molar-refractivity contribution < 1.29 is 18.1 Å². The molecule has 3 aromatic rings. The fourth-order valence-corrected chi connectivity index (χ4v) is 4.87. The van der Waals surface area contributed by atoms with E-state index in [2.05, 4.69) is 20.4 Å². The number of hydrogen-bond donors (Lipinski definition) is 0. The molecule has 32 heavy (non-hydrogen) atoms. The molecule has 0 bridgehead atoms. The second-order valence-corrected chi connectivity index (χ2v) is 9.07. The number of piperazine rings is 1. The molecule has 4 rings (SSSR count). The highest BCUT2D eigenvalue weighted by atomic mass is 32.2. The maximum Gasteiger partial charge on any atom is 0.269 e. The van der Waals surface area contributed by atoms with Gasteiger partial charge in [-0.3, -0.25) is 15.0 Å². The van der Waals surface area contributed by atoms with E-state index in [0.29, 0.717) is 38.5 Å². The highest BCUT2D eigenvalue weighted by Gasteiger charge is 2.29. The molecule has 2 heterocycles. The lowest BCUT2D eigenvalue weighted by Crippen LogP contribution is -2.48. The smallest absolute Gasteiger partial charge is 0.269 e. The van der Waals surface area contributed by atoms with E-state index in [-0.39, 0.29) is 10.6 Å². The monoisotopic (exact) mass is 459 g/mol. The van der Waals surface area contributed by atoms with Gasteiger partial charge in [-0.05, 0) is 46.8 Å². The van der Waals surface area contributed by atoms with E-state index in [1.54, 1.807) is 11.8 Å². The quantitative estimate of drug-likeness (QED) is 0.375. The molecule has 0 spiro atoms. The molecule has 0 amide bonds. The number of sulfonamides is 1. The van der Waals surface area contributed by atoms with Gasteiger partial charge in [0, 0.05) is 38.3 Å². The molecule has 0 radical (unpaired) electrons. The van der Waals surface area contributed by atoms with Crippen LogP contribution in [-0.2, 0) is 16.6 Å². The van der Waals surface area contributed by atoms with Gasteiger partial charge in [0.05, 0.1) is 29.2 Å². The molecule has 0 aliphatic carbocycles. The molecule has 12 nitrogen and oxygen atoms in total. The number of ether oxygens (including phenoxy) is 1. The van der Waals surface area contributed by atoms with Crippen LogP contribution in [0.5, 0.6) is 5.75 Å². The van der Waals surface area contributed by atoms with Crippen LogP contribution in [0.15, 0.2) is 53.4 Å². The van der Waals surface area contributed by atoms with Gasteiger partial charge in [-0.2, -0.15) is 8.99 Å². The van der Waals surface area contributed by atoms with Crippen molar-refractivity contribution in [3.8, 4) is 11.4 Å². The summed E-state index contributed by atoms with van der Waals surface area (Å²) in [5.74, 6) is 1.37. The van der Waals surface area contributed by atoms with E-state index in [1.165, 1.54) is 28.6 Å². The van der Waals surface area contributed by atoms with Gasteiger partial charge in [0.1, 0.15) is 5.75 Å². The average molecular weight is 459 g/mol. The fourth-order valence-electron chi connectivity index (χ4n) is 3.45. The van der Waals surface area contributed by atoms with Crippen molar-refractivity contribution in [3.63, 3.8) is 0 Å². The Morgan fingerprint density at radius 2 is 1.69 bits per heavy atom. The maximum atomic E-state index is 12.9. The lowest BCUT2D eigenvalue weighted by Gasteiger charge is -2.33. The zero-order valence-electron chi connectivity index (χ0n) is 17.2. The van der Waals surface area contributed by atoms with Gasteiger partial charge in [0.2, 0.25) is 10.0 Å². The molecule has 1 aliphatic rings. The minimum absolute atomic E-state index is 0.0417. The lowest BCUT2D eigenvalue weighted by atomic mass is 10.3. The zero-order valence-corrected chi connectivity index (χ0v) is 18.1. The molecule has 0 unspecified atom stereocenters. The Kier molecular flexibility index (Phi) is 6.12. The third kappa shape index (κ3) is 4.44. The first-order chi connectivity index (χ1) is 15.4. The van der Waals surface area contributed by atoms with E-state index in [4.69, 9.17) is 4.74 Å². The summed E-state index contributed by atoms with van der Waals surface area (Å²) in [6, 6.07) is 12.3. The van der Waals surface area contributed by atoms with Crippen LogP contribution in [0, 0.1) is 10.1 Å². The highest BCUT2D eigenvalue weighted by Crippen LogP contribution is 2.21. The number of rotatable bonds is 7. The van der Waals surface area contributed by atoms with Crippen molar-refractivity contribution in [3.05, 3.63) is 64.5 Å². The lowest BCUT2D eigenvalue weighted by molar-refractivity contribution is -0.384. The number of aromatic nitrogens is 4. The molecule has 1 saturated heterocycles. The Balaban J connectivity index is 1.40. The number of methoxy groups -OCH3 is 1. The minimum Gasteiger partial charge on any atom is -0.497 e. The first-order valence-electron chi connectivity index (χ1n) is 9.77. The van der Waals surface area contributed by atoms with Gasteiger partial charge >= 0.3 is 0 Å². The molecule has 1 fully saturated rings. The Bertz CT molecular complexity index is 1190. The zero-order chi connectivity index (χ0) is 22.7. The fraction of sp³-hybridized carbons (Fsp3) is 0.316. The van der Waals surface area contributed by atoms with E-state index in [9.17, 15) is 18.5 Å². The Hall–Kier alpha value is -3.42. The molecule has 0 atom stereocenters. The Labute approximate surface area is 184 Å². The molecular formula is C19H21N7O5S. The van der Waals surface area contributed by atoms with Crippen molar-refractivity contribution in [2.24, 2.45) is 0 Å². The van der Waals surface area contributed by atoms with Crippen LogP contribution >= 0.6 is 0 Å². The van der Waals surface area contributed by atoms with E-state index < -0.39 is 14.9 Å². The van der Waals surface area contributed by atoms with Crippen LogP contribution < -0.4 is 4.74 Å². The van der Waals surface area contributed by atoms with Gasteiger partial charge in [-0.15, -0.1) is 5.10 Å². The Morgan fingerprint density at radius 3 is 2.28 bits per heavy atom. The van der Waals surface area contributed by atoms with Crippen LogP contribution in [0.4, 0.5) is 5.69 Å². The second-order valence-electron chi connectivity index (χ2n) is 7.14. The van der Waals surface area contributed by atoms with Crippen molar-refractivity contribution in [2.45, 2.75) is 11.4 Å². The van der Waals surface area contributed by atoms with Crippen LogP contribution in [0.25, 0.3) is 5.69 Å². The third-order valence-corrected chi connectivity index (χ3v) is 7.15. The number of tetrazole rings is 1. The van der Waals surface area contributed by atoms with Crippen LogP contribution in [0.3, 0.4) is 0 Å². The van der Waals surface area contributed by atoms with Gasteiger partial charge in [0.15, 0.2) is 5.82 Å². The third-order valence-electron chi connectivity index (χ3n) is 5.23. The molecule has 13 heteroatoms. The van der Waals surface area contributed by atoms with Gasteiger partial charge in [0.25, 0.3) is 5.69 Å². The second kappa shape index (κ2) is 8.98. The number of non-ortho nitro benzene ring substituents is 1. The largest absolute Gasteiger partial charge is 0.497 e. The highest BCUT2D eigenvalue weighted by molar-refractivity contribution is 7.89. The Morgan fingerprint density at radius 1 is 1.03 bits per heavy atom. The predicted octanol–water partition coefficient (Wildman–Crippen LogP) is 1.09. The summed E-state index contributed by atoms with van der Waals surface area (Å²) in [6.07, 6.45) is 0. The number of nitrogens with zero attached hydrogens (tertiary/aromatic N) is 7. The van der Waals surface area contributed by atoms with Crippen molar-refractivity contribution in [1.82, 2.24) is 29.4 Å².